The number of benzene rings is 1. The highest BCUT2D eigenvalue weighted by Gasteiger charge is 2.31. The Morgan fingerprint density at radius 3 is 2.45 bits per heavy atom. The molecule has 1 aromatic rings. The molecule has 1 aliphatic heterocycles. The van der Waals surface area contributed by atoms with Crippen LogP contribution in [0.2, 0.25) is 0 Å². The summed E-state index contributed by atoms with van der Waals surface area (Å²) in [6.45, 7) is 4.34. The molecule has 1 amide bonds. The molecule has 1 heterocycles. The maximum absolute atomic E-state index is 12.5. The lowest BCUT2D eigenvalue weighted by Gasteiger charge is -2.32. The minimum atomic E-state index is 0.169. The maximum atomic E-state index is 12.5. The summed E-state index contributed by atoms with van der Waals surface area (Å²) < 4.78 is 0. The Morgan fingerprint density at radius 2 is 1.82 bits per heavy atom. The molecule has 1 saturated carbocycles. The lowest BCUT2D eigenvalue weighted by atomic mass is 9.85. The lowest BCUT2D eigenvalue weighted by Crippen LogP contribution is -2.39. The molecule has 2 N–H and O–H groups in total. The molecule has 3 nitrogen and oxygen atoms in total. The minimum absolute atomic E-state index is 0.169. The quantitative estimate of drug-likeness (QED) is 0.846. The van der Waals surface area contributed by atoms with Gasteiger partial charge in [-0.05, 0) is 62.1 Å². The van der Waals surface area contributed by atoms with Crippen molar-refractivity contribution >= 4 is 5.91 Å². The van der Waals surface area contributed by atoms with Gasteiger partial charge in [0.25, 0.3) is 0 Å². The second-order valence-electron chi connectivity index (χ2n) is 7.06. The Labute approximate surface area is 133 Å². The standard InChI is InChI=1S/C19H28N2O/c1-14(15-7-8-15)13-18(22)21-19(16-5-3-2-4-6-16)17-9-11-20-12-10-17/h2-6,14-15,17,19-20H,7-13H2,1H3,(H,21,22). The van der Waals surface area contributed by atoms with Crippen molar-refractivity contribution in [3.05, 3.63) is 35.9 Å². The highest BCUT2D eigenvalue weighted by molar-refractivity contribution is 5.76. The van der Waals surface area contributed by atoms with Gasteiger partial charge >= 0.3 is 0 Å². The second kappa shape index (κ2) is 7.28. The highest BCUT2D eigenvalue weighted by atomic mass is 16.1. The Balaban J connectivity index is 1.66. The average Bonchev–Trinajstić information content (AvgIpc) is 3.39. The number of carbonyl (C=O) groups excluding carboxylic acids is 1. The van der Waals surface area contributed by atoms with Gasteiger partial charge in [0.1, 0.15) is 0 Å². The number of hydrogen-bond donors (Lipinski definition) is 2. The highest BCUT2D eigenvalue weighted by Crippen LogP contribution is 2.38. The van der Waals surface area contributed by atoms with E-state index in [4.69, 9.17) is 0 Å². The first-order valence-electron chi connectivity index (χ1n) is 8.79. The van der Waals surface area contributed by atoms with Crippen molar-refractivity contribution in [3.63, 3.8) is 0 Å². The molecule has 1 aliphatic carbocycles. The Morgan fingerprint density at radius 1 is 1.14 bits per heavy atom. The van der Waals surface area contributed by atoms with Gasteiger partial charge in [0.05, 0.1) is 6.04 Å². The average molecular weight is 300 g/mol. The third-order valence-electron chi connectivity index (χ3n) is 5.26. The van der Waals surface area contributed by atoms with Crippen molar-refractivity contribution in [1.82, 2.24) is 10.6 Å². The molecule has 2 fully saturated rings. The van der Waals surface area contributed by atoms with Crippen molar-refractivity contribution in [2.45, 2.75) is 45.1 Å². The predicted octanol–water partition coefficient (Wildman–Crippen LogP) is 3.28. The maximum Gasteiger partial charge on any atom is 0.220 e. The molecular weight excluding hydrogens is 272 g/mol. The number of carbonyl (C=O) groups is 1. The van der Waals surface area contributed by atoms with E-state index in [9.17, 15) is 4.79 Å². The topological polar surface area (TPSA) is 41.1 Å². The van der Waals surface area contributed by atoms with Gasteiger partial charge in [-0.2, -0.15) is 0 Å². The molecule has 0 radical (unpaired) electrons. The van der Waals surface area contributed by atoms with Crippen LogP contribution >= 0.6 is 0 Å². The molecule has 1 aromatic carbocycles. The van der Waals surface area contributed by atoms with E-state index in [1.54, 1.807) is 0 Å². The van der Waals surface area contributed by atoms with Crippen molar-refractivity contribution < 1.29 is 4.79 Å². The van der Waals surface area contributed by atoms with Crippen molar-refractivity contribution in [1.29, 1.82) is 0 Å². The van der Waals surface area contributed by atoms with E-state index in [-0.39, 0.29) is 11.9 Å². The van der Waals surface area contributed by atoms with Crippen LogP contribution in [0.5, 0.6) is 0 Å². The van der Waals surface area contributed by atoms with Gasteiger partial charge in [-0.15, -0.1) is 0 Å². The van der Waals surface area contributed by atoms with Crippen molar-refractivity contribution in [2.24, 2.45) is 17.8 Å². The van der Waals surface area contributed by atoms with Crippen LogP contribution < -0.4 is 10.6 Å². The first kappa shape index (κ1) is 15.5. The molecule has 3 heteroatoms. The van der Waals surface area contributed by atoms with Gasteiger partial charge < -0.3 is 10.6 Å². The van der Waals surface area contributed by atoms with E-state index in [1.807, 2.05) is 6.07 Å². The van der Waals surface area contributed by atoms with Gasteiger partial charge in [-0.3, -0.25) is 4.79 Å². The van der Waals surface area contributed by atoms with Gasteiger partial charge in [-0.1, -0.05) is 37.3 Å². The zero-order valence-electron chi connectivity index (χ0n) is 13.6. The molecule has 120 valence electrons. The van der Waals surface area contributed by atoms with E-state index in [2.05, 4.69) is 41.8 Å². The van der Waals surface area contributed by atoms with Crippen LogP contribution in [-0.2, 0) is 4.79 Å². The fourth-order valence-corrected chi connectivity index (χ4v) is 3.67. The predicted molar refractivity (Wildman–Crippen MR) is 89.4 cm³/mol. The molecule has 3 rings (SSSR count). The first-order valence-corrected chi connectivity index (χ1v) is 8.79. The van der Waals surface area contributed by atoms with Crippen LogP contribution in [0, 0.1) is 17.8 Å². The normalized spacial score (nSPS) is 22.0. The Kier molecular flexibility index (Phi) is 5.14. The molecule has 0 spiro atoms. The van der Waals surface area contributed by atoms with Gasteiger partial charge in [0, 0.05) is 6.42 Å². The summed E-state index contributed by atoms with van der Waals surface area (Å²) in [7, 11) is 0. The number of hydrogen-bond acceptors (Lipinski definition) is 2. The smallest absolute Gasteiger partial charge is 0.220 e. The van der Waals surface area contributed by atoms with Crippen LogP contribution in [-0.4, -0.2) is 19.0 Å². The first-order chi connectivity index (χ1) is 10.7. The molecule has 2 aliphatic rings. The van der Waals surface area contributed by atoms with Crippen LogP contribution in [0.4, 0.5) is 0 Å². The van der Waals surface area contributed by atoms with Gasteiger partial charge in [0.15, 0.2) is 0 Å². The summed E-state index contributed by atoms with van der Waals surface area (Å²) in [5.74, 6) is 2.10. The molecule has 22 heavy (non-hydrogen) atoms. The van der Waals surface area contributed by atoms with Crippen molar-refractivity contribution in [2.75, 3.05) is 13.1 Å². The zero-order valence-corrected chi connectivity index (χ0v) is 13.6. The third-order valence-corrected chi connectivity index (χ3v) is 5.26. The summed E-state index contributed by atoms with van der Waals surface area (Å²) in [4.78, 5) is 12.5. The monoisotopic (exact) mass is 300 g/mol. The molecule has 0 bridgehead atoms. The minimum Gasteiger partial charge on any atom is -0.349 e. The second-order valence-corrected chi connectivity index (χ2v) is 7.06. The van der Waals surface area contributed by atoms with E-state index in [1.165, 1.54) is 18.4 Å². The summed E-state index contributed by atoms with van der Waals surface area (Å²) in [5.41, 5.74) is 1.25. The Hall–Kier alpha value is -1.35. The van der Waals surface area contributed by atoms with E-state index >= 15 is 0 Å². The van der Waals surface area contributed by atoms with Gasteiger partial charge in [0.2, 0.25) is 5.91 Å². The van der Waals surface area contributed by atoms with Crippen molar-refractivity contribution in [3.8, 4) is 0 Å². The number of nitrogens with one attached hydrogen (secondary N) is 2. The van der Waals surface area contributed by atoms with E-state index in [0.717, 1.165) is 31.8 Å². The fourth-order valence-electron chi connectivity index (χ4n) is 3.67. The van der Waals surface area contributed by atoms with Crippen LogP contribution in [0.25, 0.3) is 0 Å². The van der Waals surface area contributed by atoms with Crippen LogP contribution in [0.1, 0.15) is 50.6 Å². The summed E-state index contributed by atoms with van der Waals surface area (Å²) in [6, 6.07) is 10.7. The lowest BCUT2D eigenvalue weighted by molar-refractivity contribution is -0.123. The Bertz CT molecular complexity index is 477. The summed E-state index contributed by atoms with van der Waals surface area (Å²) in [5, 5.41) is 6.77. The fraction of sp³-hybridized carbons (Fsp3) is 0.632. The largest absolute Gasteiger partial charge is 0.349 e. The van der Waals surface area contributed by atoms with Crippen LogP contribution in [0.3, 0.4) is 0 Å². The number of rotatable bonds is 6. The molecule has 0 aromatic heterocycles. The number of piperidine rings is 1. The third kappa shape index (κ3) is 4.10. The molecule has 2 unspecified atom stereocenters. The van der Waals surface area contributed by atoms with E-state index < -0.39 is 0 Å². The van der Waals surface area contributed by atoms with Gasteiger partial charge in [-0.25, -0.2) is 0 Å². The number of amides is 1. The summed E-state index contributed by atoms with van der Waals surface area (Å²) >= 11 is 0. The SMILES string of the molecule is CC(CC(=O)NC(c1ccccc1)C1CCNCC1)C1CC1. The zero-order chi connectivity index (χ0) is 15.4. The summed E-state index contributed by atoms with van der Waals surface area (Å²) in [6.07, 6.45) is 5.57. The van der Waals surface area contributed by atoms with Crippen LogP contribution in [0.15, 0.2) is 30.3 Å². The van der Waals surface area contributed by atoms with E-state index in [0.29, 0.717) is 18.3 Å². The molecular formula is C19H28N2O. The molecule has 2 atom stereocenters. The molecule has 1 saturated heterocycles.